The molecule has 0 aliphatic carbocycles. The van der Waals surface area contributed by atoms with E-state index >= 15 is 0 Å². The summed E-state index contributed by atoms with van der Waals surface area (Å²) in [5.74, 6) is -1.21. The molecule has 0 aromatic heterocycles. The minimum Gasteiger partial charge on any atom is -0.350 e. The van der Waals surface area contributed by atoms with E-state index in [0.717, 1.165) is 10.5 Å². The monoisotopic (exact) mass is 493 g/mol. The second-order valence-electron chi connectivity index (χ2n) is 8.05. The molecular formula is C26H21Cl2N3O3. The smallest absolute Gasteiger partial charge is 0.283 e. The molecule has 172 valence electrons. The van der Waals surface area contributed by atoms with E-state index in [4.69, 9.17) is 23.2 Å². The summed E-state index contributed by atoms with van der Waals surface area (Å²) in [6.45, 7) is 4.12. The molecule has 0 saturated heterocycles. The van der Waals surface area contributed by atoms with Crippen LogP contribution in [0.3, 0.4) is 0 Å². The van der Waals surface area contributed by atoms with Crippen LogP contribution in [0.1, 0.15) is 35.7 Å². The Bertz CT molecular complexity index is 1320. The molecule has 8 heteroatoms. The van der Waals surface area contributed by atoms with Crippen LogP contribution < -0.4 is 15.5 Å². The highest BCUT2D eigenvalue weighted by atomic mass is 35.5. The van der Waals surface area contributed by atoms with E-state index in [9.17, 15) is 14.4 Å². The van der Waals surface area contributed by atoms with E-state index in [1.807, 2.05) is 12.1 Å². The maximum atomic E-state index is 13.1. The average Bonchev–Trinajstić information content (AvgIpc) is 3.02. The van der Waals surface area contributed by atoms with Gasteiger partial charge in [0.15, 0.2) is 0 Å². The number of carbonyl (C=O) groups is 3. The van der Waals surface area contributed by atoms with Crippen molar-refractivity contribution in [3.05, 3.63) is 99.7 Å². The van der Waals surface area contributed by atoms with Crippen LogP contribution in [0.15, 0.2) is 83.5 Å². The highest BCUT2D eigenvalue weighted by molar-refractivity contribution is 6.53. The fourth-order valence-corrected chi connectivity index (χ4v) is 3.91. The fraction of sp³-hybridized carbons (Fsp3) is 0.115. The molecule has 0 fully saturated rings. The molecule has 1 heterocycles. The number of nitrogens with zero attached hydrogens (tertiary/aromatic N) is 1. The van der Waals surface area contributed by atoms with Crippen LogP contribution in [-0.2, 0) is 9.59 Å². The first kappa shape index (κ1) is 23.5. The molecule has 3 aromatic carbocycles. The van der Waals surface area contributed by atoms with Crippen molar-refractivity contribution in [1.82, 2.24) is 0 Å². The van der Waals surface area contributed by atoms with Crippen LogP contribution in [0.2, 0.25) is 5.02 Å². The first-order valence-corrected chi connectivity index (χ1v) is 11.3. The van der Waals surface area contributed by atoms with Gasteiger partial charge in [-0.05, 0) is 60.0 Å². The second kappa shape index (κ2) is 9.71. The number of imide groups is 1. The van der Waals surface area contributed by atoms with Crippen LogP contribution in [0.4, 0.5) is 17.1 Å². The van der Waals surface area contributed by atoms with Gasteiger partial charge < -0.3 is 10.6 Å². The first-order chi connectivity index (χ1) is 16.2. The number of carbonyl (C=O) groups excluding carboxylic acids is 3. The largest absolute Gasteiger partial charge is 0.350 e. The lowest BCUT2D eigenvalue weighted by atomic mass is 10.0. The Hall–Kier alpha value is -3.61. The van der Waals surface area contributed by atoms with Gasteiger partial charge in [0.25, 0.3) is 17.7 Å². The lowest BCUT2D eigenvalue weighted by Gasteiger charge is -2.16. The number of benzene rings is 3. The topological polar surface area (TPSA) is 78.5 Å². The van der Waals surface area contributed by atoms with Gasteiger partial charge in [-0.1, -0.05) is 61.3 Å². The summed E-state index contributed by atoms with van der Waals surface area (Å²) >= 11 is 12.2. The van der Waals surface area contributed by atoms with Gasteiger partial charge in [0, 0.05) is 22.0 Å². The molecule has 0 spiro atoms. The molecular weight excluding hydrogens is 473 g/mol. The standard InChI is InChI=1S/C26H21Cl2N3O3/c1-15(2)16-9-11-21(12-10-16)31-25(33)22(28)23(26(31)34)29-19-7-3-5-17(13-19)24(32)30-20-8-4-6-18(27)14-20/h3-15,29H,1-2H3,(H,30,32). The Balaban J connectivity index is 1.52. The van der Waals surface area contributed by atoms with Gasteiger partial charge in [0.1, 0.15) is 10.7 Å². The van der Waals surface area contributed by atoms with Crippen LogP contribution in [0.5, 0.6) is 0 Å². The summed E-state index contributed by atoms with van der Waals surface area (Å²) in [7, 11) is 0. The lowest BCUT2D eigenvalue weighted by molar-refractivity contribution is -0.120. The normalized spacial score (nSPS) is 13.6. The molecule has 0 radical (unpaired) electrons. The third kappa shape index (κ3) is 4.83. The van der Waals surface area contributed by atoms with Crippen molar-refractivity contribution >= 4 is 58.0 Å². The van der Waals surface area contributed by atoms with E-state index in [-0.39, 0.29) is 16.6 Å². The number of halogens is 2. The average molecular weight is 494 g/mol. The third-order valence-corrected chi connectivity index (χ3v) is 5.91. The minimum absolute atomic E-state index is 0.0491. The molecule has 1 aliphatic heterocycles. The van der Waals surface area contributed by atoms with Gasteiger partial charge >= 0.3 is 0 Å². The molecule has 0 unspecified atom stereocenters. The molecule has 3 aromatic rings. The molecule has 0 atom stereocenters. The van der Waals surface area contributed by atoms with Gasteiger partial charge in [0.2, 0.25) is 0 Å². The third-order valence-electron chi connectivity index (χ3n) is 5.32. The zero-order valence-electron chi connectivity index (χ0n) is 18.4. The summed E-state index contributed by atoms with van der Waals surface area (Å²) in [6, 6.07) is 20.5. The molecule has 0 bridgehead atoms. The Kier molecular flexibility index (Phi) is 6.72. The quantitative estimate of drug-likeness (QED) is 0.403. The second-order valence-corrected chi connectivity index (χ2v) is 8.87. The van der Waals surface area contributed by atoms with Crippen molar-refractivity contribution in [3.63, 3.8) is 0 Å². The lowest BCUT2D eigenvalue weighted by Crippen LogP contribution is -2.32. The summed E-state index contributed by atoms with van der Waals surface area (Å²) in [6.07, 6.45) is 0. The molecule has 34 heavy (non-hydrogen) atoms. The molecule has 2 N–H and O–H groups in total. The minimum atomic E-state index is -0.610. The van der Waals surface area contributed by atoms with Crippen molar-refractivity contribution in [2.45, 2.75) is 19.8 Å². The summed E-state index contributed by atoms with van der Waals surface area (Å²) < 4.78 is 0. The van der Waals surface area contributed by atoms with Crippen LogP contribution >= 0.6 is 23.2 Å². The molecule has 1 aliphatic rings. The van der Waals surface area contributed by atoms with Crippen molar-refractivity contribution in [2.24, 2.45) is 0 Å². The molecule has 3 amide bonds. The summed E-state index contributed by atoms with van der Waals surface area (Å²) in [4.78, 5) is 39.5. The zero-order valence-corrected chi connectivity index (χ0v) is 19.9. The SMILES string of the molecule is CC(C)c1ccc(N2C(=O)C(Cl)=C(Nc3cccc(C(=O)Nc4cccc(Cl)c4)c3)C2=O)cc1. The fourth-order valence-electron chi connectivity index (χ4n) is 3.51. The molecule has 4 rings (SSSR count). The van der Waals surface area contributed by atoms with E-state index in [0.29, 0.717) is 33.6 Å². The number of amides is 3. The number of hydrogen-bond acceptors (Lipinski definition) is 4. The van der Waals surface area contributed by atoms with Gasteiger partial charge in [-0.25, -0.2) is 4.90 Å². The van der Waals surface area contributed by atoms with Crippen molar-refractivity contribution in [3.8, 4) is 0 Å². The predicted octanol–water partition coefficient (Wildman–Crippen LogP) is 6.15. The number of rotatable bonds is 6. The van der Waals surface area contributed by atoms with Crippen LogP contribution in [0, 0.1) is 0 Å². The Morgan fingerprint density at radius 1 is 0.853 bits per heavy atom. The van der Waals surface area contributed by atoms with Gasteiger partial charge in [-0.3, -0.25) is 14.4 Å². The van der Waals surface area contributed by atoms with Gasteiger partial charge in [-0.2, -0.15) is 0 Å². The zero-order chi connectivity index (χ0) is 24.4. The van der Waals surface area contributed by atoms with Crippen molar-refractivity contribution in [1.29, 1.82) is 0 Å². The number of anilines is 3. The first-order valence-electron chi connectivity index (χ1n) is 10.6. The Labute approximate surface area is 207 Å². The van der Waals surface area contributed by atoms with Gasteiger partial charge in [-0.15, -0.1) is 0 Å². The number of hydrogen-bond donors (Lipinski definition) is 2. The van der Waals surface area contributed by atoms with Crippen molar-refractivity contribution in [2.75, 3.05) is 15.5 Å². The Morgan fingerprint density at radius 2 is 1.53 bits per heavy atom. The van der Waals surface area contributed by atoms with E-state index in [1.165, 1.54) is 0 Å². The predicted molar refractivity (Wildman–Crippen MR) is 135 cm³/mol. The summed E-state index contributed by atoms with van der Waals surface area (Å²) in [5.41, 5.74) is 2.81. The van der Waals surface area contributed by atoms with E-state index in [2.05, 4.69) is 24.5 Å². The van der Waals surface area contributed by atoms with Crippen LogP contribution in [-0.4, -0.2) is 17.7 Å². The highest BCUT2D eigenvalue weighted by Crippen LogP contribution is 2.31. The molecule has 0 saturated carbocycles. The molecule has 6 nitrogen and oxygen atoms in total. The van der Waals surface area contributed by atoms with E-state index in [1.54, 1.807) is 60.7 Å². The maximum absolute atomic E-state index is 13.1. The summed E-state index contributed by atoms with van der Waals surface area (Å²) in [5, 5.41) is 5.96. The maximum Gasteiger partial charge on any atom is 0.283 e. The van der Waals surface area contributed by atoms with Crippen LogP contribution in [0.25, 0.3) is 0 Å². The Morgan fingerprint density at radius 3 is 2.21 bits per heavy atom. The highest BCUT2D eigenvalue weighted by Gasteiger charge is 2.39. The van der Waals surface area contributed by atoms with Gasteiger partial charge in [0.05, 0.1) is 5.69 Å². The number of nitrogens with one attached hydrogen (secondary N) is 2. The van der Waals surface area contributed by atoms with E-state index < -0.39 is 11.8 Å². The van der Waals surface area contributed by atoms with Crippen molar-refractivity contribution < 1.29 is 14.4 Å².